The van der Waals surface area contributed by atoms with Gasteiger partial charge in [-0.25, -0.2) is 4.39 Å². The standard InChI is InChI=1S/C11H14FN/c1-13(9-5-8-12)10-11-6-3-2-4-7-11/h2-8H,9-10H2,1H3/b8-5+. The van der Waals surface area contributed by atoms with E-state index in [-0.39, 0.29) is 0 Å². The van der Waals surface area contributed by atoms with Gasteiger partial charge in [0.05, 0.1) is 6.33 Å². The van der Waals surface area contributed by atoms with Crippen molar-refractivity contribution in [1.82, 2.24) is 4.90 Å². The van der Waals surface area contributed by atoms with Crippen LogP contribution >= 0.6 is 0 Å². The van der Waals surface area contributed by atoms with Gasteiger partial charge in [-0.15, -0.1) is 0 Å². The lowest BCUT2D eigenvalue weighted by molar-refractivity contribution is 0.362. The minimum Gasteiger partial charge on any atom is -0.298 e. The summed E-state index contributed by atoms with van der Waals surface area (Å²) >= 11 is 0. The summed E-state index contributed by atoms with van der Waals surface area (Å²) in [6.45, 7) is 1.50. The monoisotopic (exact) mass is 179 g/mol. The summed E-state index contributed by atoms with van der Waals surface area (Å²) in [7, 11) is 1.97. The van der Waals surface area contributed by atoms with E-state index in [0.717, 1.165) is 6.54 Å². The van der Waals surface area contributed by atoms with Gasteiger partial charge >= 0.3 is 0 Å². The van der Waals surface area contributed by atoms with Crippen LogP contribution in [0.2, 0.25) is 0 Å². The molecule has 0 unspecified atom stereocenters. The van der Waals surface area contributed by atoms with Gasteiger partial charge in [0.1, 0.15) is 0 Å². The molecule has 1 aromatic rings. The minimum atomic E-state index is 0.585. The first-order valence-electron chi connectivity index (χ1n) is 4.30. The summed E-state index contributed by atoms with van der Waals surface area (Å²) in [4.78, 5) is 2.05. The molecule has 13 heavy (non-hydrogen) atoms. The molecule has 0 radical (unpaired) electrons. The summed E-state index contributed by atoms with van der Waals surface area (Å²) in [5.41, 5.74) is 1.25. The fourth-order valence-corrected chi connectivity index (χ4v) is 1.18. The van der Waals surface area contributed by atoms with Crippen LogP contribution in [0.1, 0.15) is 5.56 Å². The Morgan fingerprint density at radius 1 is 1.31 bits per heavy atom. The van der Waals surface area contributed by atoms with Gasteiger partial charge in [0.2, 0.25) is 0 Å². The lowest BCUT2D eigenvalue weighted by Crippen LogP contribution is -2.17. The van der Waals surface area contributed by atoms with E-state index in [1.807, 2.05) is 30.1 Å². The fourth-order valence-electron chi connectivity index (χ4n) is 1.18. The van der Waals surface area contributed by atoms with E-state index >= 15 is 0 Å². The van der Waals surface area contributed by atoms with Gasteiger partial charge in [0.25, 0.3) is 0 Å². The van der Waals surface area contributed by atoms with Crippen molar-refractivity contribution in [3.8, 4) is 0 Å². The van der Waals surface area contributed by atoms with Crippen molar-refractivity contribution in [3.63, 3.8) is 0 Å². The molecule has 0 atom stereocenters. The quantitative estimate of drug-likeness (QED) is 0.686. The molecule has 0 aliphatic rings. The Morgan fingerprint density at radius 2 is 2.00 bits per heavy atom. The molecule has 0 heterocycles. The van der Waals surface area contributed by atoms with Crippen LogP contribution in [0.25, 0.3) is 0 Å². The van der Waals surface area contributed by atoms with Gasteiger partial charge in [-0.2, -0.15) is 0 Å². The molecule has 1 nitrogen and oxygen atoms in total. The van der Waals surface area contributed by atoms with Gasteiger partial charge < -0.3 is 0 Å². The van der Waals surface area contributed by atoms with Gasteiger partial charge in [-0.3, -0.25) is 4.90 Å². The summed E-state index contributed by atoms with van der Waals surface area (Å²) in [6.07, 6.45) is 2.09. The van der Waals surface area contributed by atoms with Crippen LogP contribution in [-0.2, 0) is 6.54 Å². The molecule has 0 fully saturated rings. The van der Waals surface area contributed by atoms with E-state index in [9.17, 15) is 4.39 Å². The molecule has 0 N–H and O–H groups in total. The molecular formula is C11H14FN. The number of halogens is 1. The first-order chi connectivity index (χ1) is 6.33. The second-order valence-electron chi connectivity index (χ2n) is 3.04. The second kappa shape index (κ2) is 5.49. The van der Waals surface area contributed by atoms with Crippen LogP contribution in [0.5, 0.6) is 0 Å². The summed E-state index contributed by atoms with van der Waals surface area (Å²) < 4.78 is 11.7. The maximum absolute atomic E-state index is 11.7. The number of rotatable bonds is 4. The van der Waals surface area contributed by atoms with Crippen LogP contribution in [-0.4, -0.2) is 18.5 Å². The third-order valence-electron chi connectivity index (χ3n) is 1.80. The average Bonchev–Trinajstić information content (AvgIpc) is 2.16. The first kappa shape index (κ1) is 9.93. The van der Waals surface area contributed by atoms with E-state index in [1.165, 1.54) is 11.6 Å². The van der Waals surface area contributed by atoms with Crippen molar-refractivity contribution in [2.24, 2.45) is 0 Å². The highest BCUT2D eigenvalue weighted by molar-refractivity contribution is 5.14. The zero-order valence-corrected chi connectivity index (χ0v) is 7.78. The van der Waals surface area contributed by atoms with Crippen molar-refractivity contribution in [3.05, 3.63) is 48.3 Å². The smallest absolute Gasteiger partial charge is 0.0839 e. The predicted octanol–water partition coefficient (Wildman–Crippen LogP) is 2.60. The van der Waals surface area contributed by atoms with E-state index in [1.54, 1.807) is 0 Å². The zero-order chi connectivity index (χ0) is 9.52. The van der Waals surface area contributed by atoms with Gasteiger partial charge in [-0.1, -0.05) is 30.3 Å². The van der Waals surface area contributed by atoms with Crippen LogP contribution in [0, 0.1) is 0 Å². The molecule has 0 spiro atoms. The molecule has 0 aliphatic heterocycles. The van der Waals surface area contributed by atoms with Gasteiger partial charge in [-0.05, 0) is 18.7 Å². The molecule has 0 aliphatic carbocycles. The molecule has 0 aromatic heterocycles. The average molecular weight is 179 g/mol. The molecule has 0 saturated heterocycles. The number of hydrogen-bond donors (Lipinski definition) is 0. The van der Waals surface area contributed by atoms with Crippen LogP contribution in [0.3, 0.4) is 0 Å². The number of likely N-dealkylation sites (N-methyl/N-ethyl adjacent to an activating group) is 1. The molecule has 0 saturated carbocycles. The Labute approximate surface area is 78.5 Å². The fraction of sp³-hybridized carbons (Fsp3) is 0.273. The third-order valence-corrected chi connectivity index (χ3v) is 1.80. The molecular weight excluding hydrogens is 165 g/mol. The lowest BCUT2D eigenvalue weighted by atomic mass is 10.2. The van der Waals surface area contributed by atoms with E-state index < -0.39 is 0 Å². The Morgan fingerprint density at radius 3 is 2.62 bits per heavy atom. The second-order valence-corrected chi connectivity index (χ2v) is 3.04. The first-order valence-corrected chi connectivity index (χ1v) is 4.30. The summed E-state index contributed by atoms with van der Waals surface area (Å²) in [6, 6.07) is 10.1. The molecule has 2 heteroatoms. The molecule has 0 bridgehead atoms. The van der Waals surface area contributed by atoms with Crippen molar-refractivity contribution < 1.29 is 4.39 Å². The third kappa shape index (κ3) is 3.85. The van der Waals surface area contributed by atoms with E-state index in [4.69, 9.17) is 0 Å². The van der Waals surface area contributed by atoms with Crippen molar-refractivity contribution in [2.75, 3.05) is 13.6 Å². The SMILES string of the molecule is CN(C/C=C/F)Cc1ccccc1. The van der Waals surface area contributed by atoms with Gasteiger partial charge in [0, 0.05) is 13.1 Å². The highest BCUT2D eigenvalue weighted by Gasteiger charge is 1.96. The lowest BCUT2D eigenvalue weighted by Gasteiger charge is -2.13. The molecule has 0 amide bonds. The Balaban J connectivity index is 2.40. The van der Waals surface area contributed by atoms with Crippen molar-refractivity contribution in [1.29, 1.82) is 0 Å². The highest BCUT2D eigenvalue weighted by Crippen LogP contribution is 2.01. The Kier molecular flexibility index (Phi) is 4.19. The number of nitrogens with zero attached hydrogens (tertiary/aromatic N) is 1. The van der Waals surface area contributed by atoms with E-state index in [2.05, 4.69) is 12.1 Å². The van der Waals surface area contributed by atoms with Crippen molar-refractivity contribution in [2.45, 2.75) is 6.54 Å². The van der Waals surface area contributed by atoms with E-state index in [0.29, 0.717) is 12.9 Å². The number of benzene rings is 1. The maximum atomic E-state index is 11.7. The zero-order valence-electron chi connectivity index (χ0n) is 7.78. The number of hydrogen-bond acceptors (Lipinski definition) is 1. The van der Waals surface area contributed by atoms with Crippen molar-refractivity contribution >= 4 is 0 Å². The summed E-state index contributed by atoms with van der Waals surface area (Å²) in [5.74, 6) is 0. The van der Waals surface area contributed by atoms with Crippen LogP contribution < -0.4 is 0 Å². The largest absolute Gasteiger partial charge is 0.298 e. The maximum Gasteiger partial charge on any atom is 0.0839 e. The highest BCUT2D eigenvalue weighted by atomic mass is 19.1. The minimum absolute atomic E-state index is 0.585. The normalized spacial score (nSPS) is 11.3. The Hall–Kier alpha value is -1.15. The van der Waals surface area contributed by atoms with Crippen LogP contribution in [0.15, 0.2) is 42.7 Å². The molecule has 1 aromatic carbocycles. The van der Waals surface area contributed by atoms with Gasteiger partial charge in [0.15, 0.2) is 0 Å². The Bertz CT molecular complexity index is 256. The topological polar surface area (TPSA) is 3.24 Å². The summed E-state index contributed by atoms with van der Waals surface area (Å²) in [5, 5.41) is 0. The predicted molar refractivity (Wildman–Crippen MR) is 53.0 cm³/mol. The molecule has 70 valence electrons. The van der Waals surface area contributed by atoms with Crippen LogP contribution in [0.4, 0.5) is 4.39 Å². The molecule has 1 rings (SSSR count).